The van der Waals surface area contributed by atoms with E-state index >= 15 is 0 Å². The van der Waals surface area contributed by atoms with Gasteiger partial charge in [-0.1, -0.05) is 41.4 Å². The van der Waals surface area contributed by atoms with E-state index in [2.05, 4.69) is 6.07 Å². The summed E-state index contributed by atoms with van der Waals surface area (Å²) in [6.45, 7) is 2.04. The van der Waals surface area contributed by atoms with E-state index in [1.807, 2.05) is 25.1 Å². The third-order valence-electron chi connectivity index (χ3n) is 2.51. The number of halogens is 1. The summed E-state index contributed by atoms with van der Waals surface area (Å²) in [6, 6.07) is 15.2. The highest BCUT2D eigenvalue weighted by atomic mass is 35.5. The third kappa shape index (κ3) is 3.62. The highest BCUT2D eigenvalue weighted by Crippen LogP contribution is 2.21. The summed E-state index contributed by atoms with van der Waals surface area (Å²) in [7, 11) is 0. The molecule has 0 radical (unpaired) electrons. The SMILES string of the molecule is Cc1cccc(SCC(=O)c2cccc(Cl)c2)c1. The van der Waals surface area contributed by atoms with E-state index in [0.717, 1.165) is 4.90 Å². The van der Waals surface area contributed by atoms with Crippen molar-refractivity contribution >= 4 is 29.1 Å². The largest absolute Gasteiger partial charge is 0.293 e. The number of aryl methyl sites for hydroxylation is 1. The van der Waals surface area contributed by atoms with Crippen LogP contribution in [-0.4, -0.2) is 11.5 Å². The van der Waals surface area contributed by atoms with Crippen molar-refractivity contribution in [3.05, 3.63) is 64.7 Å². The van der Waals surface area contributed by atoms with Crippen molar-refractivity contribution in [2.24, 2.45) is 0 Å². The number of hydrogen-bond acceptors (Lipinski definition) is 2. The highest BCUT2D eigenvalue weighted by molar-refractivity contribution is 8.00. The number of hydrogen-bond donors (Lipinski definition) is 0. The Kier molecular flexibility index (Phi) is 4.45. The molecule has 0 aromatic heterocycles. The Morgan fingerprint density at radius 2 is 1.94 bits per heavy atom. The second kappa shape index (κ2) is 6.07. The molecule has 92 valence electrons. The van der Waals surface area contributed by atoms with E-state index in [4.69, 9.17) is 11.6 Å². The van der Waals surface area contributed by atoms with Crippen LogP contribution in [-0.2, 0) is 0 Å². The zero-order valence-electron chi connectivity index (χ0n) is 10.0. The lowest BCUT2D eigenvalue weighted by molar-refractivity contribution is 0.102. The maximum atomic E-state index is 12.0. The molecule has 1 nitrogen and oxygen atoms in total. The Balaban J connectivity index is 2.00. The minimum atomic E-state index is 0.101. The molecule has 18 heavy (non-hydrogen) atoms. The first-order valence-electron chi connectivity index (χ1n) is 5.63. The number of Topliss-reactive ketones (excluding diaryl/α,β-unsaturated/α-hetero) is 1. The lowest BCUT2D eigenvalue weighted by Crippen LogP contribution is -2.01. The summed E-state index contributed by atoms with van der Waals surface area (Å²) < 4.78 is 0. The predicted octanol–water partition coefficient (Wildman–Crippen LogP) is 4.62. The number of ketones is 1. The van der Waals surface area contributed by atoms with E-state index in [0.29, 0.717) is 16.3 Å². The van der Waals surface area contributed by atoms with Gasteiger partial charge in [-0.2, -0.15) is 0 Å². The maximum absolute atomic E-state index is 12.0. The van der Waals surface area contributed by atoms with Gasteiger partial charge in [-0.3, -0.25) is 4.79 Å². The van der Waals surface area contributed by atoms with Crippen molar-refractivity contribution in [3.63, 3.8) is 0 Å². The second-order valence-corrected chi connectivity index (χ2v) is 5.52. The molecule has 0 unspecified atom stereocenters. The molecule has 2 aromatic carbocycles. The van der Waals surface area contributed by atoms with Crippen LogP contribution in [0.25, 0.3) is 0 Å². The van der Waals surface area contributed by atoms with Crippen LogP contribution in [0.15, 0.2) is 53.4 Å². The molecule has 2 rings (SSSR count). The van der Waals surface area contributed by atoms with Gasteiger partial charge in [-0.05, 0) is 31.2 Å². The molecule has 3 heteroatoms. The topological polar surface area (TPSA) is 17.1 Å². The van der Waals surface area contributed by atoms with Crippen molar-refractivity contribution in [3.8, 4) is 0 Å². The maximum Gasteiger partial charge on any atom is 0.173 e. The fraction of sp³-hybridized carbons (Fsp3) is 0.133. The van der Waals surface area contributed by atoms with Crippen LogP contribution in [0.5, 0.6) is 0 Å². The summed E-state index contributed by atoms with van der Waals surface area (Å²) in [5.74, 6) is 0.535. The van der Waals surface area contributed by atoms with E-state index < -0.39 is 0 Å². The van der Waals surface area contributed by atoms with Crippen LogP contribution >= 0.6 is 23.4 Å². The fourth-order valence-electron chi connectivity index (χ4n) is 1.60. The molecule has 0 amide bonds. The molecule has 0 saturated carbocycles. The smallest absolute Gasteiger partial charge is 0.173 e. The summed E-state index contributed by atoms with van der Waals surface area (Å²) in [6.07, 6.45) is 0. The van der Waals surface area contributed by atoms with E-state index in [1.54, 1.807) is 36.0 Å². The van der Waals surface area contributed by atoms with E-state index in [1.165, 1.54) is 5.56 Å². The Morgan fingerprint density at radius 3 is 2.67 bits per heavy atom. The lowest BCUT2D eigenvalue weighted by Gasteiger charge is -2.03. The van der Waals surface area contributed by atoms with Gasteiger partial charge in [0.15, 0.2) is 5.78 Å². The molecular weight excluding hydrogens is 264 g/mol. The minimum absolute atomic E-state index is 0.101. The van der Waals surface area contributed by atoms with Gasteiger partial charge in [0.25, 0.3) is 0 Å². The van der Waals surface area contributed by atoms with Crippen LogP contribution in [0.4, 0.5) is 0 Å². The van der Waals surface area contributed by atoms with Crippen LogP contribution in [0.1, 0.15) is 15.9 Å². The first-order valence-corrected chi connectivity index (χ1v) is 7.00. The first-order chi connectivity index (χ1) is 8.65. The van der Waals surface area contributed by atoms with Crippen molar-refractivity contribution in [1.82, 2.24) is 0 Å². The highest BCUT2D eigenvalue weighted by Gasteiger charge is 2.07. The van der Waals surface area contributed by atoms with Gasteiger partial charge < -0.3 is 0 Å². The van der Waals surface area contributed by atoms with Crippen LogP contribution in [0, 0.1) is 6.92 Å². The first kappa shape index (κ1) is 13.2. The van der Waals surface area contributed by atoms with Crippen LogP contribution in [0.2, 0.25) is 5.02 Å². The van der Waals surface area contributed by atoms with Crippen LogP contribution < -0.4 is 0 Å². The number of thioether (sulfide) groups is 1. The van der Waals surface area contributed by atoms with Crippen LogP contribution in [0.3, 0.4) is 0 Å². The summed E-state index contributed by atoms with van der Waals surface area (Å²) in [5.41, 5.74) is 1.87. The molecule has 0 aliphatic heterocycles. The average molecular weight is 277 g/mol. The molecule has 0 atom stereocenters. The zero-order chi connectivity index (χ0) is 13.0. The standard InChI is InChI=1S/C15H13ClOS/c1-11-4-2-7-14(8-11)18-10-15(17)12-5-3-6-13(16)9-12/h2-9H,10H2,1H3. The number of carbonyl (C=O) groups excluding carboxylic acids is 1. The van der Waals surface area contributed by atoms with Crippen molar-refractivity contribution in [2.75, 3.05) is 5.75 Å². The minimum Gasteiger partial charge on any atom is -0.293 e. The molecule has 0 saturated heterocycles. The van der Waals surface area contributed by atoms with Gasteiger partial charge in [-0.15, -0.1) is 11.8 Å². The molecule has 0 aliphatic rings. The molecule has 0 heterocycles. The van der Waals surface area contributed by atoms with E-state index in [-0.39, 0.29) is 5.78 Å². The van der Waals surface area contributed by atoms with E-state index in [9.17, 15) is 4.79 Å². The molecule has 0 aliphatic carbocycles. The third-order valence-corrected chi connectivity index (χ3v) is 3.73. The quantitative estimate of drug-likeness (QED) is 0.598. The Hall–Kier alpha value is -1.25. The molecule has 0 bridgehead atoms. The second-order valence-electron chi connectivity index (χ2n) is 4.04. The average Bonchev–Trinajstić information content (AvgIpc) is 2.36. The summed E-state index contributed by atoms with van der Waals surface area (Å²) >= 11 is 7.42. The predicted molar refractivity (Wildman–Crippen MR) is 77.7 cm³/mol. The molecule has 0 fully saturated rings. The monoisotopic (exact) mass is 276 g/mol. The van der Waals surface area contributed by atoms with Crippen molar-refractivity contribution < 1.29 is 4.79 Å². The Bertz CT molecular complexity index is 566. The molecule has 0 spiro atoms. The molecule has 0 N–H and O–H groups in total. The van der Waals surface area contributed by atoms with Gasteiger partial charge in [0, 0.05) is 15.5 Å². The lowest BCUT2D eigenvalue weighted by atomic mass is 10.1. The summed E-state index contributed by atoms with van der Waals surface area (Å²) in [5, 5.41) is 0.599. The number of carbonyl (C=O) groups is 1. The van der Waals surface area contributed by atoms with Gasteiger partial charge >= 0.3 is 0 Å². The van der Waals surface area contributed by atoms with Gasteiger partial charge in [0.05, 0.1) is 5.75 Å². The normalized spacial score (nSPS) is 10.3. The van der Waals surface area contributed by atoms with Gasteiger partial charge in [-0.25, -0.2) is 0 Å². The Labute approximate surface area is 116 Å². The summed E-state index contributed by atoms with van der Waals surface area (Å²) in [4.78, 5) is 13.1. The molecular formula is C15H13ClOS. The van der Waals surface area contributed by atoms with Gasteiger partial charge in [0.1, 0.15) is 0 Å². The number of benzene rings is 2. The molecule has 2 aromatic rings. The fourth-order valence-corrected chi connectivity index (χ4v) is 2.70. The van der Waals surface area contributed by atoms with Crippen molar-refractivity contribution in [2.45, 2.75) is 11.8 Å². The number of rotatable bonds is 4. The Morgan fingerprint density at radius 1 is 1.17 bits per heavy atom. The van der Waals surface area contributed by atoms with Gasteiger partial charge in [0.2, 0.25) is 0 Å². The van der Waals surface area contributed by atoms with Crippen molar-refractivity contribution in [1.29, 1.82) is 0 Å². The zero-order valence-corrected chi connectivity index (χ0v) is 11.6.